The zero-order chi connectivity index (χ0) is 57.4. The molecule has 2 heterocycles. The summed E-state index contributed by atoms with van der Waals surface area (Å²) in [6, 6.07) is -0.910. The summed E-state index contributed by atoms with van der Waals surface area (Å²) in [5.74, 6) is -0.231. The predicted octanol–water partition coefficient (Wildman–Crippen LogP) is 12.6. The smallest absolute Gasteiger partial charge is 0.220 e. The van der Waals surface area contributed by atoms with Crippen LogP contribution >= 0.6 is 0 Å². The number of carbonyl (C=O) groups is 1. The van der Waals surface area contributed by atoms with Crippen LogP contribution in [0.15, 0.2) is 12.2 Å². The average Bonchev–Trinajstić information content (AvgIpc) is 3.47. The maximum Gasteiger partial charge on any atom is 0.220 e. The molecule has 12 atom stereocenters. The Bertz CT molecular complexity index is 1380. The molecule has 468 valence electrons. The second-order valence-corrected chi connectivity index (χ2v) is 24.0. The van der Waals surface area contributed by atoms with Gasteiger partial charge < -0.3 is 65.1 Å². The van der Waals surface area contributed by atoms with Crippen LogP contribution in [0, 0.1) is 0 Å². The van der Waals surface area contributed by atoms with E-state index in [2.05, 4.69) is 19.2 Å². The molecule has 0 aliphatic carbocycles. The summed E-state index contributed by atoms with van der Waals surface area (Å²) in [6.45, 7) is 2.85. The predicted molar refractivity (Wildman–Crippen MR) is 319 cm³/mol. The maximum atomic E-state index is 13.3. The quantitative estimate of drug-likeness (QED) is 0.0204. The van der Waals surface area contributed by atoms with Crippen LogP contribution < -0.4 is 5.32 Å². The summed E-state index contributed by atoms with van der Waals surface area (Å²) >= 11 is 0. The van der Waals surface area contributed by atoms with Crippen molar-refractivity contribution >= 4 is 5.91 Å². The Morgan fingerprint density at radius 1 is 0.443 bits per heavy atom. The second-order valence-electron chi connectivity index (χ2n) is 24.0. The number of carbonyl (C=O) groups excluding carboxylic acids is 1. The van der Waals surface area contributed by atoms with E-state index in [9.17, 15) is 45.6 Å². The van der Waals surface area contributed by atoms with E-state index in [1.54, 1.807) is 6.08 Å². The number of rotatable bonds is 55. The van der Waals surface area contributed by atoms with Crippen molar-refractivity contribution in [2.75, 3.05) is 19.8 Å². The molecular weight excluding hydrogens is 1000 g/mol. The molecule has 2 aliphatic heterocycles. The number of aliphatic hydroxyl groups excluding tert-OH is 8. The molecule has 2 fully saturated rings. The summed E-state index contributed by atoms with van der Waals surface area (Å²) in [6.07, 6.45) is 44.0. The molecule has 79 heavy (non-hydrogen) atoms. The average molecular weight is 1130 g/mol. The third-order valence-corrected chi connectivity index (χ3v) is 16.7. The number of allylic oxidation sites excluding steroid dienone is 1. The summed E-state index contributed by atoms with van der Waals surface area (Å²) in [5.41, 5.74) is 0. The van der Waals surface area contributed by atoms with Crippen LogP contribution in [0.2, 0.25) is 0 Å². The fraction of sp³-hybridized carbons (Fsp3) is 0.954. The normalized spacial score (nSPS) is 24.4. The Morgan fingerprint density at radius 2 is 0.785 bits per heavy atom. The van der Waals surface area contributed by atoms with Crippen LogP contribution in [-0.2, 0) is 23.7 Å². The highest BCUT2D eigenvalue weighted by Crippen LogP contribution is 2.30. The molecule has 14 nitrogen and oxygen atoms in total. The number of nitrogens with one attached hydrogen (secondary N) is 1. The first kappa shape index (κ1) is 73.8. The minimum Gasteiger partial charge on any atom is -0.394 e. The molecule has 1 amide bonds. The van der Waals surface area contributed by atoms with Crippen LogP contribution in [-0.4, -0.2) is 140 Å². The molecule has 0 spiro atoms. The Kier molecular flexibility index (Phi) is 47.8. The van der Waals surface area contributed by atoms with E-state index in [1.807, 2.05) is 6.08 Å². The molecule has 0 radical (unpaired) electrons. The van der Waals surface area contributed by atoms with E-state index >= 15 is 0 Å². The number of unbranched alkanes of at least 4 members (excludes halogenated alkanes) is 42. The van der Waals surface area contributed by atoms with Gasteiger partial charge in [-0.2, -0.15) is 0 Å². The fourth-order valence-corrected chi connectivity index (χ4v) is 11.4. The zero-order valence-electron chi connectivity index (χ0n) is 50.6. The van der Waals surface area contributed by atoms with Crippen LogP contribution in [0.3, 0.4) is 0 Å². The Balaban J connectivity index is 1.70. The van der Waals surface area contributed by atoms with Crippen LogP contribution in [0.1, 0.15) is 303 Å². The summed E-state index contributed by atoms with van der Waals surface area (Å²) < 4.78 is 22.8. The first-order valence-electron chi connectivity index (χ1n) is 33.4. The molecule has 2 rings (SSSR count). The first-order chi connectivity index (χ1) is 38.6. The second kappa shape index (κ2) is 51.2. The highest BCUT2D eigenvalue weighted by atomic mass is 16.7. The minimum absolute atomic E-state index is 0.231. The topological polar surface area (TPSA) is 228 Å². The van der Waals surface area contributed by atoms with Gasteiger partial charge in [0.2, 0.25) is 5.91 Å². The zero-order valence-corrected chi connectivity index (χ0v) is 50.6. The van der Waals surface area contributed by atoms with Crippen molar-refractivity contribution in [2.45, 2.75) is 376 Å². The maximum absolute atomic E-state index is 13.3. The summed E-state index contributed by atoms with van der Waals surface area (Å²) in [7, 11) is 0. The van der Waals surface area contributed by atoms with Gasteiger partial charge in [0.05, 0.1) is 32.0 Å². The molecule has 0 bridgehead atoms. The van der Waals surface area contributed by atoms with E-state index in [0.717, 1.165) is 38.5 Å². The SMILES string of the molecule is CCCCCCCCCCCCCCCCCCCC/C=C/C(O)C(COC1OC(CO)C(OC2OC(CO)C(O)C(O)C2O)C(O)C1O)NC(=O)CCCCCCCCCCCCCCCCCCCCCCCCCCC. The van der Waals surface area contributed by atoms with E-state index in [0.29, 0.717) is 6.42 Å². The number of hydrogen-bond acceptors (Lipinski definition) is 13. The van der Waals surface area contributed by atoms with Gasteiger partial charge in [0.15, 0.2) is 12.6 Å². The van der Waals surface area contributed by atoms with Crippen molar-refractivity contribution in [3.05, 3.63) is 12.2 Å². The number of aliphatic hydroxyl groups is 8. The third-order valence-electron chi connectivity index (χ3n) is 16.7. The lowest BCUT2D eigenvalue weighted by atomic mass is 9.97. The van der Waals surface area contributed by atoms with Gasteiger partial charge in [-0.3, -0.25) is 4.79 Å². The van der Waals surface area contributed by atoms with Gasteiger partial charge in [-0.1, -0.05) is 289 Å². The molecule has 0 aromatic heterocycles. The standard InChI is InChI=1S/C65H125NO13/c1-3-5-7-9-11-13-15-17-19-21-23-25-26-27-28-29-31-33-35-37-39-41-43-45-47-49-57(70)66-53(54(69)48-46-44-42-40-38-36-34-32-30-24-22-20-18-16-14-12-10-8-6-4-2)52-76-64-62(75)60(73)63(56(51-68)78-64)79-65-61(74)59(72)58(71)55(50-67)77-65/h46,48,53-56,58-65,67-69,71-75H,3-45,47,49-52H2,1-2H3,(H,66,70)/b48-46+. The number of amides is 1. The lowest BCUT2D eigenvalue weighted by Crippen LogP contribution is -2.65. The Labute approximate surface area is 482 Å². The monoisotopic (exact) mass is 1130 g/mol. The van der Waals surface area contributed by atoms with E-state index in [4.69, 9.17) is 18.9 Å². The minimum atomic E-state index is -1.79. The van der Waals surface area contributed by atoms with Crippen molar-refractivity contribution in [3.8, 4) is 0 Å². The van der Waals surface area contributed by atoms with E-state index < -0.39 is 86.8 Å². The summed E-state index contributed by atoms with van der Waals surface area (Å²) in [5, 5.41) is 87.3. The summed E-state index contributed by atoms with van der Waals surface area (Å²) in [4.78, 5) is 13.3. The molecule has 0 aromatic carbocycles. The van der Waals surface area contributed by atoms with Crippen molar-refractivity contribution in [1.29, 1.82) is 0 Å². The molecule has 0 saturated carbocycles. The van der Waals surface area contributed by atoms with Crippen LogP contribution in [0.25, 0.3) is 0 Å². The van der Waals surface area contributed by atoms with Gasteiger partial charge in [-0.25, -0.2) is 0 Å². The molecule has 14 heteroatoms. The van der Waals surface area contributed by atoms with Gasteiger partial charge >= 0.3 is 0 Å². The van der Waals surface area contributed by atoms with Gasteiger partial charge in [0.25, 0.3) is 0 Å². The fourth-order valence-electron chi connectivity index (χ4n) is 11.4. The largest absolute Gasteiger partial charge is 0.394 e. The number of hydrogen-bond donors (Lipinski definition) is 9. The van der Waals surface area contributed by atoms with E-state index in [-0.39, 0.29) is 18.9 Å². The lowest BCUT2D eigenvalue weighted by Gasteiger charge is -2.46. The van der Waals surface area contributed by atoms with E-state index in [1.165, 1.54) is 238 Å². The molecule has 9 N–H and O–H groups in total. The first-order valence-corrected chi connectivity index (χ1v) is 33.4. The van der Waals surface area contributed by atoms with Gasteiger partial charge in [-0.15, -0.1) is 0 Å². The highest BCUT2D eigenvalue weighted by Gasteiger charge is 2.51. The number of ether oxygens (including phenoxy) is 4. The Hall–Kier alpha value is -1.27. The van der Waals surface area contributed by atoms with Gasteiger partial charge in [0, 0.05) is 6.42 Å². The van der Waals surface area contributed by atoms with Crippen molar-refractivity contribution in [3.63, 3.8) is 0 Å². The van der Waals surface area contributed by atoms with Crippen molar-refractivity contribution in [2.24, 2.45) is 0 Å². The molecule has 2 aliphatic rings. The van der Waals surface area contributed by atoms with Crippen molar-refractivity contribution in [1.82, 2.24) is 5.32 Å². The lowest BCUT2D eigenvalue weighted by molar-refractivity contribution is -0.359. The van der Waals surface area contributed by atoms with Crippen molar-refractivity contribution < 1.29 is 64.6 Å². The van der Waals surface area contributed by atoms with Gasteiger partial charge in [0.1, 0.15) is 48.8 Å². The third kappa shape index (κ3) is 36.2. The van der Waals surface area contributed by atoms with Gasteiger partial charge in [-0.05, 0) is 19.3 Å². The molecule has 2 saturated heterocycles. The molecule has 0 aromatic rings. The van der Waals surface area contributed by atoms with Crippen LogP contribution in [0.4, 0.5) is 0 Å². The van der Waals surface area contributed by atoms with Crippen LogP contribution in [0.5, 0.6) is 0 Å². The highest BCUT2D eigenvalue weighted by molar-refractivity contribution is 5.76. The Morgan fingerprint density at radius 3 is 1.16 bits per heavy atom. The molecular formula is C65H125NO13. The molecule has 12 unspecified atom stereocenters.